The second kappa shape index (κ2) is 5.84. The summed E-state index contributed by atoms with van der Waals surface area (Å²) in [5, 5.41) is 8.96. The van der Waals surface area contributed by atoms with Crippen molar-refractivity contribution in [2.75, 3.05) is 20.2 Å². The average Bonchev–Trinajstić information content (AvgIpc) is 2.89. The van der Waals surface area contributed by atoms with E-state index in [9.17, 15) is 9.59 Å². The van der Waals surface area contributed by atoms with E-state index >= 15 is 0 Å². The van der Waals surface area contributed by atoms with E-state index in [-0.39, 0.29) is 12.5 Å². The zero-order valence-corrected chi connectivity index (χ0v) is 10.8. The van der Waals surface area contributed by atoms with Crippen LogP contribution in [-0.4, -0.2) is 42.1 Å². The Morgan fingerprint density at radius 2 is 2.16 bits per heavy atom. The summed E-state index contributed by atoms with van der Waals surface area (Å²) in [6.07, 6.45) is 0.521. The van der Waals surface area contributed by atoms with Crippen LogP contribution in [-0.2, 0) is 16.1 Å². The molecule has 1 aromatic rings. The van der Waals surface area contributed by atoms with Crippen LogP contribution in [0.2, 0.25) is 0 Å². The fourth-order valence-corrected chi connectivity index (χ4v) is 2.33. The van der Waals surface area contributed by atoms with Crippen LogP contribution in [0.25, 0.3) is 0 Å². The first kappa shape index (κ1) is 13.5. The molecule has 1 heterocycles. The van der Waals surface area contributed by atoms with Gasteiger partial charge < -0.3 is 14.7 Å². The maximum atomic E-state index is 12.4. The molecule has 1 aliphatic rings. The molecule has 0 spiro atoms. The first-order valence-electron chi connectivity index (χ1n) is 6.22. The summed E-state index contributed by atoms with van der Waals surface area (Å²) in [6.45, 7) is 1.16. The van der Waals surface area contributed by atoms with Crippen molar-refractivity contribution in [2.24, 2.45) is 5.92 Å². The largest absolute Gasteiger partial charge is 0.481 e. The lowest BCUT2D eigenvalue weighted by Crippen LogP contribution is -2.30. The van der Waals surface area contributed by atoms with Crippen molar-refractivity contribution < 1.29 is 19.4 Å². The van der Waals surface area contributed by atoms with Gasteiger partial charge >= 0.3 is 5.97 Å². The summed E-state index contributed by atoms with van der Waals surface area (Å²) in [4.78, 5) is 24.9. The Hall–Kier alpha value is -1.88. The third-order valence-corrected chi connectivity index (χ3v) is 3.37. The third-order valence-electron chi connectivity index (χ3n) is 3.37. The Kier molecular flexibility index (Phi) is 4.16. The number of carboxylic acids is 1. The van der Waals surface area contributed by atoms with E-state index in [1.165, 1.54) is 0 Å². The van der Waals surface area contributed by atoms with E-state index in [0.29, 0.717) is 25.1 Å². The summed E-state index contributed by atoms with van der Waals surface area (Å²) in [7, 11) is 1.58. The predicted octanol–water partition coefficient (Wildman–Crippen LogP) is 1.38. The second-order valence-corrected chi connectivity index (χ2v) is 4.67. The fraction of sp³-hybridized carbons (Fsp3) is 0.429. The number of aliphatic carboxylic acids is 1. The molecule has 1 amide bonds. The van der Waals surface area contributed by atoms with Crippen LogP contribution >= 0.6 is 0 Å². The van der Waals surface area contributed by atoms with Gasteiger partial charge in [0.2, 0.25) is 0 Å². The lowest BCUT2D eigenvalue weighted by Gasteiger charge is -2.17. The number of nitrogens with zero attached hydrogens (tertiary/aromatic N) is 1. The van der Waals surface area contributed by atoms with Gasteiger partial charge in [0.25, 0.3) is 5.91 Å². The van der Waals surface area contributed by atoms with Crippen LogP contribution in [0.15, 0.2) is 24.3 Å². The third kappa shape index (κ3) is 2.93. The number of benzene rings is 1. The number of carboxylic acid groups (broad SMARTS) is 1. The van der Waals surface area contributed by atoms with Gasteiger partial charge in [-0.2, -0.15) is 0 Å². The lowest BCUT2D eigenvalue weighted by atomic mass is 10.1. The number of likely N-dealkylation sites (tertiary alicyclic amines) is 1. The van der Waals surface area contributed by atoms with Gasteiger partial charge in [0.1, 0.15) is 0 Å². The van der Waals surface area contributed by atoms with Gasteiger partial charge in [-0.15, -0.1) is 0 Å². The van der Waals surface area contributed by atoms with Crippen molar-refractivity contribution >= 4 is 11.9 Å². The second-order valence-electron chi connectivity index (χ2n) is 4.67. The van der Waals surface area contributed by atoms with E-state index in [0.717, 1.165) is 5.56 Å². The molecule has 0 aliphatic carbocycles. The molecular weight excluding hydrogens is 246 g/mol. The van der Waals surface area contributed by atoms with Crippen molar-refractivity contribution in [3.8, 4) is 0 Å². The van der Waals surface area contributed by atoms with Gasteiger partial charge in [0, 0.05) is 25.8 Å². The molecule has 0 radical (unpaired) electrons. The normalized spacial score (nSPS) is 18.6. The summed E-state index contributed by atoms with van der Waals surface area (Å²) < 4.78 is 5.08. The first-order valence-corrected chi connectivity index (χ1v) is 6.22. The van der Waals surface area contributed by atoms with Crippen LogP contribution in [0, 0.1) is 5.92 Å². The fourth-order valence-electron chi connectivity index (χ4n) is 2.33. The number of rotatable bonds is 4. The van der Waals surface area contributed by atoms with Crippen molar-refractivity contribution in [3.05, 3.63) is 35.4 Å². The number of hydrogen-bond acceptors (Lipinski definition) is 3. The van der Waals surface area contributed by atoms with Gasteiger partial charge in [0.15, 0.2) is 0 Å². The molecule has 1 N–H and O–H groups in total. The van der Waals surface area contributed by atoms with Crippen LogP contribution < -0.4 is 0 Å². The molecule has 1 aromatic carbocycles. The van der Waals surface area contributed by atoms with E-state index in [1.54, 1.807) is 24.1 Å². The molecule has 1 atom stereocenters. The summed E-state index contributed by atoms with van der Waals surface area (Å²) >= 11 is 0. The van der Waals surface area contributed by atoms with E-state index < -0.39 is 11.9 Å². The lowest BCUT2D eigenvalue weighted by molar-refractivity contribution is -0.141. The number of amides is 1. The molecule has 102 valence electrons. The van der Waals surface area contributed by atoms with Gasteiger partial charge in [-0.3, -0.25) is 9.59 Å². The molecule has 1 fully saturated rings. The molecular formula is C14H17NO4. The molecule has 1 saturated heterocycles. The Morgan fingerprint density at radius 1 is 1.42 bits per heavy atom. The zero-order chi connectivity index (χ0) is 13.8. The van der Waals surface area contributed by atoms with Gasteiger partial charge in [-0.25, -0.2) is 0 Å². The van der Waals surface area contributed by atoms with Crippen LogP contribution in [0.1, 0.15) is 22.3 Å². The quantitative estimate of drug-likeness (QED) is 0.891. The monoisotopic (exact) mass is 263 g/mol. The van der Waals surface area contributed by atoms with Gasteiger partial charge in [-0.05, 0) is 18.1 Å². The standard InChI is InChI=1S/C14H17NO4/c1-19-9-11-4-2-3-5-12(11)13(16)15-7-6-10(8-15)14(17)18/h2-5,10H,6-9H2,1H3,(H,17,18)/t10-/m1/s1. The van der Waals surface area contributed by atoms with Gasteiger partial charge in [0.05, 0.1) is 12.5 Å². The Balaban J connectivity index is 2.14. The maximum absolute atomic E-state index is 12.4. The average molecular weight is 263 g/mol. The maximum Gasteiger partial charge on any atom is 0.308 e. The van der Waals surface area contributed by atoms with Crippen molar-refractivity contribution in [2.45, 2.75) is 13.0 Å². The number of methoxy groups -OCH3 is 1. The zero-order valence-electron chi connectivity index (χ0n) is 10.8. The van der Waals surface area contributed by atoms with Crippen LogP contribution in [0.5, 0.6) is 0 Å². The van der Waals surface area contributed by atoms with Crippen LogP contribution in [0.3, 0.4) is 0 Å². The van der Waals surface area contributed by atoms with Crippen LogP contribution in [0.4, 0.5) is 0 Å². The number of hydrogen-bond donors (Lipinski definition) is 1. The first-order chi connectivity index (χ1) is 9.13. The molecule has 0 saturated carbocycles. The van der Waals surface area contributed by atoms with E-state index in [2.05, 4.69) is 0 Å². The molecule has 5 nitrogen and oxygen atoms in total. The van der Waals surface area contributed by atoms with Crippen molar-refractivity contribution in [1.82, 2.24) is 4.90 Å². The SMILES string of the molecule is COCc1ccccc1C(=O)N1CC[C@@H](C(=O)O)C1. The topological polar surface area (TPSA) is 66.8 Å². The Morgan fingerprint density at radius 3 is 2.79 bits per heavy atom. The summed E-state index contributed by atoms with van der Waals surface area (Å²) in [6, 6.07) is 7.26. The predicted molar refractivity (Wildman–Crippen MR) is 68.8 cm³/mol. The highest BCUT2D eigenvalue weighted by Gasteiger charge is 2.31. The minimum atomic E-state index is -0.833. The van der Waals surface area contributed by atoms with E-state index in [1.807, 2.05) is 12.1 Å². The highest BCUT2D eigenvalue weighted by molar-refractivity contribution is 5.96. The number of carbonyl (C=O) groups excluding carboxylic acids is 1. The number of carbonyl (C=O) groups is 2. The molecule has 0 aromatic heterocycles. The van der Waals surface area contributed by atoms with Crippen molar-refractivity contribution in [3.63, 3.8) is 0 Å². The highest BCUT2D eigenvalue weighted by atomic mass is 16.5. The number of ether oxygens (including phenoxy) is 1. The molecule has 19 heavy (non-hydrogen) atoms. The molecule has 0 bridgehead atoms. The Labute approximate surface area is 111 Å². The summed E-state index contributed by atoms with van der Waals surface area (Å²) in [5.41, 5.74) is 1.42. The Bertz CT molecular complexity index is 486. The summed E-state index contributed by atoms with van der Waals surface area (Å²) in [5.74, 6) is -1.39. The molecule has 0 unspecified atom stereocenters. The smallest absolute Gasteiger partial charge is 0.308 e. The van der Waals surface area contributed by atoms with Crippen molar-refractivity contribution in [1.29, 1.82) is 0 Å². The minimum absolute atomic E-state index is 0.114. The molecule has 5 heteroatoms. The van der Waals surface area contributed by atoms with Gasteiger partial charge in [-0.1, -0.05) is 18.2 Å². The van der Waals surface area contributed by atoms with E-state index in [4.69, 9.17) is 9.84 Å². The highest BCUT2D eigenvalue weighted by Crippen LogP contribution is 2.20. The minimum Gasteiger partial charge on any atom is -0.481 e. The molecule has 2 rings (SSSR count). The molecule has 1 aliphatic heterocycles.